The van der Waals surface area contributed by atoms with Gasteiger partial charge < -0.3 is 43.7 Å². The molecule has 0 spiro atoms. The minimum Gasteiger partial charge on any atom is -0.585 e. The number of hydrogen-bond acceptors (Lipinski definition) is 2. The summed E-state index contributed by atoms with van der Waals surface area (Å²) in [6, 6.07) is 49.8. The number of phenolic OH excluding ortho intramolecular Hbond substituents is 2. The summed E-state index contributed by atoms with van der Waals surface area (Å²) in [5.74, 6) is 2.18. The molecule has 0 aliphatic heterocycles. The maximum Gasteiger partial charge on any atom is 0.262 e. The van der Waals surface area contributed by atoms with Crippen molar-refractivity contribution in [3.63, 3.8) is 0 Å². The first-order valence-electron chi connectivity index (χ1n) is 33.3. The zero-order chi connectivity index (χ0) is 67.1. The Bertz CT molecular complexity index is 4050. The van der Waals surface area contributed by atoms with Crippen LogP contribution in [0.5, 0.6) is 23.0 Å². The molecule has 0 unspecified atom stereocenters. The molecule has 2 aromatic heterocycles. The van der Waals surface area contributed by atoms with E-state index in [1.54, 1.807) is 0 Å². The normalized spacial score (nSPS) is 13.1. The summed E-state index contributed by atoms with van der Waals surface area (Å²) in [5, 5.41) is 31.3. The zero-order valence-electron chi connectivity index (χ0n) is 62.8. The molecule has 0 aliphatic rings. The van der Waals surface area contributed by atoms with Crippen LogP contribution in [0.4, 0.5) is 0 Å². The molecule has 0 atom stereocenters. The average Bonchev–Trinajstić information content (AvgIpc) is 1.55. The van der Waals surface area contributed by atoms with Gasteiger partial charge in [-0.15, -0.1) is 0 Å². The van der Waals surface area contributed by atoms with Crippen LogP contribution in [0.3, 0.4) is 0 Å². The first-order chi connectivity index (χ1) is 41.7. The number of hydrogen-bond donors (Lipinski definition) is 2. The molecule has 10 rings (SSSR count). The number of ether oxygens (including phenoxy) is 2. The number of phenols is 2. The minimum absolute atomic E-state index is 0. The smallest absolute Gasteiger partial charge is 0.262 e. The van der Waals surface area contributed by atoms with Crippen LogP contribution in [0, 0.1) is 14.9 Å². The summed E-state index contributed by atoms with van der Waals surface area (Å²) < 4.78 is 15.9. The Hall–Kier alpha value is -6.34. The topological polar surface area (TPSA) is 75.9 Å². The molecule has 8 heteroatoms. The van der Waals surface area contributed by atoms with Crippen LogP contribution in [0.15, 0.2) is 133 Å². The molecule has 94 heavy (non-hydrogen) atoms. The molecule has 0 amide bonds. The number of benzene rings is 8. The summed E-state index contributed by atoms with van der Waals surface area (Å²) in [5.41, 5.74) is 17.8. The van der Waals surface area contributed by atoms with E-state index in [0.29, 0.717) is 12.5 Å². The Labute approximate surface area is 587 Å². The van der Waals surface area contributed by atoms with Crippen LogP contribution in [0.25, 0.3) is 77.2 Å². The zero-order valence-corrected chi connectivity index (χ0v) is 66.3. The van der Waals surface area contributed by atoms with E-state index in [1.165, 1.54) is 54.9 Å². The molecule has 6 nitrogen and oxygen atoms in total. The van der Waals surface area contributed by atoms with Crippen molar-refractivity contribution >= 4 is 51.7 Å². The van der Waals surface area contributed by atoms with E-state index >= 15 is 0 Å². The van der Waals surface area contributed by atoms with Crippen LogP contribution < -0.4 is 0 Å². The van der Waals surface area contributed by atoms with Gasteiger partial charge in [-0.2, -0.15) is 0 Å². The Morgan fingerprint density at radius 3 is 0.745 bits per heavy atom. The summed E-state index contributed by atoms with van der Waals surface area (Å²) in [6.07, 6.45) is 1.21. The third kappa shape index (κ3) is 14.8. The van der Waals surface area contributed by atoms with Gasteiger partial charge in [0.1, 0.15) is 11.5 Å². The van der Waals surface area contributed by atoms with Crippen LogP contribution in [0.1, 0.15) is 211 Å². The summed E-state index contributed by atoms with van der Waals surface area (Å²) in [7, 11) is -2.30. The van der Waals surface area contributed by atoms with Crippen molar-refractivity contribution in [3.05, 3.63) is 193 Å². The predicted molar refractivity (Wildman–Crippen MR) is 409 cm³/mol. The third-order valence-electron chi connectivity index (χ3n) is 19.0. The fourth-order valence-corrected chi connectivity index (χ4v) is 13.9. The van der Waals surface area contributed by atoms with Gasteiger partial charge in [-0.3, -0.25) is 0 Å². The van der Waals surface area contributed by atoms with E-state index in [9.17, 15) is 10.2 Å². The number of rotatable bonds is 10. The molecule has 10 aromatic rings. The van der Waals surface area contributed by atoms with E-state index in [-0.39, 0.29) is 95.9 Å². The SMILES string of the molecule is CC(C)(C)c1ccc([OH+]C[Si](C)(C)C[OH+]c2ccc(C(C)(C)C)cc2-c2cc(C(C)(C)C)cc(-n3c4ccc(C(C)(C)C)cc4c4cc(C(C)(C)C)ccc43)c2O)c(-c2cc(C(C)(C)C)cc(-n3c4ccc(C(C)(C)C)cc4c4cc(C(C)(C)C)ccc43)c2O)c1.[CH3-].[CH3-].[Zr]. The summed E-state index contributed by atoms with van der Waals surface area (Å²) in [4.78, 5) is 0. The fourth-order valence-electron chi connectivity index (χ4n) is 12.6. The molecule has 0 fully saturated rings. The van der Waals surface area contributed by atoms with E-state index in [2.05, 4.69) is 322 Å². The van der Waals surface area contributed by atoms with E-state index in [4.69, 9.17) is 9.47 Å². The molecule has 0 radical (unpaired) electrons. The van der Waals surface area contributed by atoms with Crippen molar-refractivity contribution in [2.45, 2.75) is 223 Å². The molecule has 0 aliphatic carbocycles. The van der Waals surface area contributed by atoms with Gasteiger partial charge in [0.15, 0.2) is 12.5 Å². The van der Waals surface area contributed by atoms with Crippen LogP contribution in [-0.4, -0.2) is 49.4 Å². The summed E-state index contributed by atoms with van der Waals surface area (Å²) >= 11 is 0. The maximum atomic E-state index is 13.3. The standard InChI is InChI=1S/C84H106N2O4Si.2CH3.Zr/c1-77(2,3)51-27-33-67-59(39-51)60-40-52(78(4,5)6)28-34-68(60)85(67)71-47-57(83(19,20)21)45-65(75(71)87)63-43-55(81(13,14)15)31-37-73(63)89-49-91(25,26)50-90-74-38-32-56(82(16,17)18)44-64(74)66-46-58(84(22,23)24)48-72(76(66)88)86-69-35-29-53(79(7,8)9)41-61(69)62-42-54(80(10,11)12)30-36-70(62)86;;;/h27-48,87-88H,49-50H2,1-26H3;2*1H3;/q;2*-1;/p+2. The first-order valence-corrected chi connectivity index (χ1v) is 36.7. The molecule has 0 bridgehead atoms. The third-order valence-corrected chi connectivity index (χ3v) is 21.1. The van der Waals surface area contributed by atoms with Gasteiger partial charge in [0.05, 0.1) is 44.6 Å². The predicted octanol–water partition coefficient (Wildman–Crippen LogP) is 23.9. The van der Waals surface area contributed by atoms with Crippen LogP contribution in [0.2, 0.25) is 13.1 Å². The minimum atomic E-state index is -2.30. The Kier molecular flexibility index (Phi) is 20.4. The number of aliphatic hydroxyl groups is 2. The van der Waals surface area contributed by atoms with Crippen molar-refractivity contribution in [1.29, 1.82) is 0 Å². The molecule has 4 N–H and O–H groups in total. The van der Waals surface area contributed by atoms with E-state index in [1.807, 2.05) is 0 Å². The Morgan fingerprint density at radius 2 is 0.511 bits per heavy atom. The van der Waals surface area contributed by atoms with Crippen molar-refractivity contribution in [2.24, 2.45) is 0 Å². The number of fused-ring (bicyclic) bond motifs is 6. The van der Waals surface area contributed by atoms with Crippen molar-refractivity contribution in [3.8, 4) is 56.6 Å². The second kappa shape index (κ2) is 25.6. The second-order valence-electron chi connectivity index (χ2n) is 35.6. The molecular weight excluding hydrogens is 1240 g/mol. The molecule has 500 valence electrons. The van der Waals surface area contributed by atoms with Crippen molar-refractivity contribution < 1.29 is 45.9 Å². The number of nitrogens with zero attached hydrogens (tertiary/aromatic N) is 2. The van der Waals surface area contributed by atoms with Gasteiger partial charge in [-0.05, 0) is 185 Å². The molecule has 8 aromatic carbocycles. The van der Waals surface area contributed by atoms with Crippen molar-refractivity contribution in [2.75, 3.05) is 12.5 Å². The van der Waals surface area contributed by atoms with E-state index < -0.39 is 8.07 Å². The Balaban J connectivity index is 0.00000417. The van der Waals surface area contributed by atoms with Gasteiger partial charge in [-0.25, -0.2) is 0 Å². The van der Waals surface area contributed by atoms with E-state index in [0.717, 1.165) is 78.3 Å². The van der Waals surface area contributed by atoms with Gasteiger partial charge in [0.2, 0.25) is 0 Å². The first kappa shape index (κ1) is 75.0. The number of aromatic hydroxyl groups is 4. The van der Waals surface area contributed by atoms with Gasteiger partial charge in [0, 0.05) is 71.0 Å². The number of aromatic nitrogens is 2. The molecular formula is C86H114N2O4SiZr. The largest absolute Gasteiger partial charge is 0.585 e. The molecule has 0 saturated carbocycles. The molecule has 0 saturated heterocycles. The average molecular weight is 1360 g/mol. The van der Waals surface area contributed by atoms with Gasteiger partial charge in [0.25, 0.3) is 19.6 Å². The summed E-state index contributed by atoms with van der Waals surface area (Å²) in [6.45, 7) is 59.2. The monoisotopic (exact) mass is 1360 g/mol. The molecule has 2 heterocycles. The van der Waals surface area contributed by atoms with Gasteiger partial charge >= 0.3 is 0 Å². The second-order valence-corrected chi connectivity index (χ2v) is 40.6. The van der Waals surface area contributed by atoms with Gasteiger partial charge in [-0.1, -0.05) is 204 Å². The quantitative estimate of drug-likeness (QED) is 0.0813. The maximum absolute atomic E-state index is 13.3. The fraction of sp³-hybridized carbons (Fsp3) is 0.419. The van der Waals surface area contributed by atoms with Crippen LogP contribution in [-0.2, 0) is 69.5 Å². The van der Waals surface area contributed by atoms with Crippen molar-refractivity contribution in [1.82, 2.24) is 9.13 Å². The Morgan fingerprint density at radius 1 is 0.298 bits per heavy atom. The van der Waals surface area contributed by atoms with Crippen LogP contribution >= 0.6 is 0 Å².